The molecule has 1 aliphatic rings. The summed E-state index contributed by atoms with van der Waals surface area (Å²) in [7, 11) is 2.24. The van der Waals surface area contributed by atoms with Crippen molar-refractivity contribution in [2.75, 3.05) is 25.5 Å². The second-order valence-electron chi connectivity index (χ2n) is 7.97. The SMILES string of the molecule is CCCCNc1ccc2c(c1)[C@H](C)C[C@H]2CCN(C)Cc1ccccc1. The number of rotatable bonds is 9. The van der Waals surface area contributed by atoms with E-state index in [9.17, 15) is 0 Å². The molecule has 0 fully saturated rings. The Morgan fingerprint density at radius 1 is 1.08 bits per heavy atom. The minimum Gasteiger partial charge on any atom is -0.385 e. The van der Waals surface area contributed by atoms with E-state index < -0.39 is 0 Å². The van der Waals surface area contributed by atoms with Gasteiger partial charge in [0.1, 0.15) is 0 Å². The highest BCUT2D eigenvalue weighted by Crippen LogP contribution is 2.44. The Labute approximate surface area is 159 Å². The van der Waals surface area contributed by atoms with E-state index in [0.717, 1.165) is 19.6 Å². The van der Waals surface area contributed by atoms with Crippen molar-refractivity contribution in [2.45, 2.75) is 57.9 Å². The molecule has 0 saturated carbocycles. The van der Waals surface area contributed by atoms with Gasteiger partial charge in [-0.2, -0.15) is 0 Å². The predicted octanol–water partition coefficient (Wildman–Crippen LogP) is 6.01. The van der Waals surface area contributed by atoms with Crippen LogP contribution in [0.2, 0.25) is 0 Å². The molecular formula is C24H34N2. The predicted molar refractivity (Wildman–Crippen MR) is 113 cm³/mol. The molecule has 0 aliphatic heterocycles. The molecule has 26 heavy (non-hydrogen) atoms. The van der Waals surface area contributed by atoms with Crippen LogP contribution in [0.3, 0.4) is 0 Å². The molecule has 0 bridgehead atoms. The number of hydrogen-bond donors (Lipinski definition) is 1. The van der Waals surface area contributed by atoms with Crippen LogP contribution in [0.15, 0.2) is 48.5 Å². The summed E-state index contributed by atoms with van der Waals surface area (Å²) < 4.78 is 0. The van der Waals surface area contributed by atoms with Crippen LogP contribution < -0.4 is 5.32 Å². The average molecular weight is 351 g/mol. The minimum atomic E-state index is 0.683. The van der Waals surface area contributed by atoms with Gasteiger partial charge in [0.2, 0.25) is 0 Å². The average Bonchev–Trinajstić information content (AvgIpc) is 2.97. The summed E-state index contributed by atoms with van der Waals surface area (Å²) in [5.74, 6) is 1.39. The molecule has 3 rings (SSSR count). The first-order valence-corrected chi connectivity index (χ1v) is 10.3. The number of anilines is 1. The number of nitrogens with zero attached hydrogens (tertiary/aromatic N) is 1. The van der Waals surface area contributed by atoms with Gasteiger partial charge < -0.3 is 10.2 Å². The summed E-state index contributed by atoms with van der Waals surface area (Å²) in [6, 6.07) is 17.9. The Hall–Kier alpha value is -1.80. The van der Waals surface area contributed by atoms with Gasteiger partial charge in [0.25, 0.3) is 0 Å². The first-order chi connectivity index (χ1) is 12.7. The Morgan fingerprint density at radius 3 is 2.65 bits per heavy atom. The Balaban J connectivity index is 1.56. The molecule has 140 valence electrons. The van der Waals surface area contributed by atoms with Gasteiger partial charge >= 0.3 is 0 Å². The van der Waals surface area contributed by atoms with Gasteiger partial charge in [0.15, 0.2) is 0 Å². The van der Waals surface area contributed by atoms with Crippen LogP contribution in [0.25, 0.3) is 0 Å². The number of fused-ring (bicyclic) bond motifs is 1. The highest BCUT2D eigenvalue weighted by atomic mass is 15.1. The molecule has 2 heteroatoms. The van der Waals surface area contributed by atoms with Crippen molar-refractivity contribution in [3.63, 3.8) is 0 Å². The third kappa shape index (κ3) is 4.88. The van der Waals surface area contributed by atoms with Crippen molar-refractivity contribution in [3.8, 4) is 0 Å². The summed E-state index contributed by atoms with van der Waals surface area (Å²) in [5.41, 5.74) is 5.86. The minimum absolute atomic E-state index is 0.683. The highest BCUT2D eigenvalue weighted by molar-refractivity contribution is 5.52. The van der Waals surface area contributed by atoms with Crippen molar-refractivity contribution in [1.29, 1.82) is 0 Å². The molecule has 1 aliphatic carbocycles. The van der Waals surface area contributed by atoms with Crippen LogP contribution in [-0.2, 0) is 6.54 Å². The van der Waals surface area contributed by atoms with E-state index in [1.807, 2.05) is 0 Å². The van der Waals surface area contributed by atoms with Crippen LogP contribution in [-0.4, -0.2) is 25.0 Å². The zero-order chi connectivity index (χ0) is 18.4. The highest BCUT2D eigenvalue weighted by Gasteiger charge is 2.28. The maximum absolute atomic E-state index is 3.58. The molecule has 0 saturated heterocycles. The van der Waals surface area contributed by atoms with Gasteiger partial charge in [-0.3, -0.25) is 0 Å². The standard InChI is InChI=1S/C24H34N2/c1-4-5-14-25-22-11-12-23-21(16-19(2)24(23)17-22)13-15-26(3)18-20-9-7-6-8-10-20/h6-12,17,19,21,25H,4-5,13-16,18H2,1-3H3/t19-,21-/m1/s1. The molecule has 0 radical (unpaired) electrons. The lowest BCUT2D eigenvalue weighted by atomic mass is 9.97. The van der Waals surface area contributed by atoms with Crippen LogP contribution in [0.4, 0.5) is 5.69 Å². The molecule has 0 spiro atoms. The molecule has 2 nitrogen and oxygen atoms in total. The summed E-state index contributed by atoms with van der Waals surface area (Å²) in [4.78, 5) is 2.46. The van der Waals surface area contributed by atoms with Gasteiger partial charge in [-0.15, -0.1) is 0 Å². The van der Waals surface area contributed by atoms with Gasteiger partial charge in [-0.25, -0.2) is 0 Å². The molecule has 1 N–H and O–H groups in total. The maximum Gasteiger partial charge on any atom is 0.0343 e. The van der Waals surface area contributed by atoms with Gasteiger partial charge in [-0.1, -0.05) is 56.7 Å². The van der Waals surface area contributed by atoms with Crippen molar-refractivity contribution < 1.29 is 0 Å². The molecule has 0 amide bonds. The fourth-order valence-electron chi connectivity index (χ4n) is 4.20. The lowest BCUT2D eigenvalue weighted by molar-refractivity contribution is 0.309. The molecule has 2 aromatic carbocycles. The van der Waals surface area contributed by atoms with Gasteiger partial charge in [-0.05, 0) is 73.5 Å². The van der Waals surface area contributed by atoms with Crippen molar-refractivity contribution in [3.05, 3.63) is 65.2 Å². The van der Waals surface area contributed by atoms with E-state index in [0.29, 0.717) is 11.8 Å². The lowest BCUT2D eigenvalue weighted by Gasteiger charge is -2.20. The fourth-order valence-corrected chi connectivity index (χ4v) is 4.20. The van der Waals surface area contributed by atoms with E-state index in [1.165, 1.54) is 36.9 Å². The molecule has 0 aromatic heterocycles. The summed E-state index contributed by atoms with van der Waals surface area (Å²) >= 11 is 0. The topological polar surface area (TPSA) is 15.3 Å². The van der Waals surface area contributed by atoms with Gasteiger partial charge in [0, 0.05) is 18.8 Å². The number of unbranched alkanes of at least 4 members (excludes halogenated alkanes) is 1. The first-order valence-electron chi connectivity index (χ1n) is 10.3. The smallest absolute Gasteiger partial charge is 0.0343 e. The number of nitrogens with one attached hydrogen (secondary N) is 1. The van der Waals surface area contributed by atoms with Crippen molar-refractivity contribution in [2.24, 2.45) is 0 Å². The normalized spacial score (nSPS) is 18.9. The van der Waals surface area contributed by atoms with Gasteiger partial charge in [0.05, 0.1) is 0 Å². The molecule has 2 aromatic rings. The summed E-state index contributed by atoms with van der Waals surface area (Å²) in [6.45, 7) is 7.91. The molecule has 0 unspecified atom stereocenters. The molecule has 0 heterocycles. The second-order valence-corrected chi connectivity index (χ2v) is 7.97. The zero-order valence-electron chi connectivity index (χ0n) is 16.7. The third-order valence-corrected chi connectivity index (χ3v) is 5.71. The number of benzene rings is 2. The monoisotopic (exact) mass is 350 g/mol. The van der Waals surface area contributed by atoms with Crippen molar-refractivity contribution in [1.82, 2.24) is 4.90 Å². The second kappa shape index (κ2) is 9.23. The van der Waals surface area contributed by atoms with Crippen LogP contribution in [0.1, 0.15) is 68.1 Å². The van der Waals surface area contributed by atoms with E-state index in [2.05, 4.69) is 79.6 Å². The third-order valence-electron chi connectivity index (χ3n) is 5.71. The number of hydrogen-bond acceptors (Lipinski definition) is 2. The Morgan fingerprint density at radius 2 is 1.88 bits per heavy atom. The fraction of sp³-hybridized carbons (Fsp3) is 0.500. The molecular weight excluding hydrogens is 316 g/mol. The van der Waals surface area contributed by atoms with Crippen LogP contribution in [0, 0.1) is 0 Å². The van der Waals surface area contributed by atoms with E-state index >= 15 is 0 Å². The summed E-state index contributed by atoms with van der Waals surface area (Å²) in [6.07, 6.45) is 5.03. The molecule has 2 atom stereocenters. The van der Waals surface area contributed by atoms with E-state index in [-0.39, 0.29) is 0 Å². The first kappa shape index (κ1) is 19.0. The summed E-state index contributed by atoms with van der Waals surface area (Å²) in [5, 5.41) is 3.58. The van der Waals surface area contributed by atoms with Crippen molar-refractivity contribution >= 4 is 5.69 Å². The van der Waals surface area contributed by atoms with E-state index in [1.54, 1.807) is 11.1 Å². The van der Waals surface area contributed by atoms with Crippen LogP contribution >= 0.6 is 0 Å². The largest absolute Gasteiger partial charge is 0.385 e. The lowest BCUT2D eigenvalue weighted by Crippen LogP contribution is -2.20. The zero-order valence-corrected chi connectivity index (χ0v) is 16.7. The Kier molecular flexibility index (Phi) is 6.73. The maximum atomic E-state index is 3.58. The van der Waals surface area contributed by atoms with E-state index in [4.69, 9.17) is 0 Å². The Bertz CT molecular complexity index is 680. The quantitative estimate of drug-likeness (QED) is 0.557. The van der Waals surface area contributed by atoms with Crippen LogP contribution in [0.5, 0.6) is 0 Å².